The van der Waals surface area contributed by atoms with Gasteiger partial charge in [-0.25, -0.2) is 13.4 Å². The quantitative estimate of drug-likeness (QED) is 0.622. The number of sulfone groups is 1. The zero-order valence-electron chi connectivity index (χ0n) is 5.44. The molecule has 0 amide bonds. The Morgan fingerprint density at radius 3 is 2.80 bits per heavy atom. The Balaban J connectivity index is 2.75. The maximum atomic E-state index is 10.6. The van der Waals surface area contributed by atoms with Gasteiger partial charge < -0.3 is 4.42 Å². The number of aromatic nitrogens is 1. The molecule has 1 heterocycles. The van der Waals surface area contributed by atoms with E-state index in [1.54, 1.807) is 0 Å². The molecule has 0 N–H and O–H groups in total. The van der Waals surface area contributed by atoms with Crippen LogP contribution < -0.4 is 0 Å². The summed E-state index contributed by atoms with van der Waals surface area (Å²) in [5, 5.41) is 0. The van der Waals surface area contributed by atoms with Crippen molar-refractivity contribution >= 4 is 9.84 Å². The van der Waals surface area contributed by atoms with Gasteiger partial charge in [0.25, 0.3) is 0 Å². The van der Waals surface area contributed by atoms with Crippen LogP contribution in [0, 0.1) is 0 Å². The second-order valence-electron chi connectivity index (χ2n) is 2.04. The topological polar surface area (TPSA) is 60.2 Å². The summed E-state index contributed by atoms with van der Waals surface area (Å²) in [6.45, 7) is 0. The van der Waals surface area contributed by atoms with E-state index in [1.807, 2.05) is 0 Å². The first-order valence-electron chi connectivity index (χ1n) is 2.63. The molecule has 0 saturated carbocycles. The Bertz CT molecular complexity index is 287. The summed E-state index contributed by atoms with van der Waals surface area (Å²) >= 11 is 0. The highest BCUT2D eigenvalue weighted by Crippen LogP contribution is 2.01. The number of hydrogen-bond acceptors (Lipinski definition) is 4. The molecule has 4 nitrogen and oxygen atoms in total. The van der Waals surface area contributed by atoms with Gasteiger partial charge in [0.1, 0.15) is 11.5 Å². The van der Waals surface area contributed by atoms with Crippen molar-refractivity contribution in [1.82, 2.24) is 4.98 Å². The zero-order valence-corrected chi connectivity index (χ0v) is 6.26. The standard InChI is InChI=1S/C5H7NO3S/c1-10(7,8)3-5-2-6-4-9-5/h2,4H,3H2,1H3. The number of rotatable bonds is 2. The first-order valence-corrected chi connectivity index (χ1v) is 4.69. The highest BCUT2D eigenvalue weighted by atomic mass is 32.2. The van der Waals surface area contributed by atoms with Crippen molar-refractivity contribution < 1.29 is 12.8 Å². The molecule has 56 valence electrons. The molecule has 0 spiro atoms. The Labute approximate surface area is 58.8 Å². The van der Waals surface area contributed by atoms with Crippen molar-refractivity contribution in [1.29, 1.82) is 0 Å². The fourth-order valence-corrected chi connectivity index (χ4v) is 1.23. The Morgan fingerprint density at radius 1 is 1.70 bits per heavy atom. The Hall–Kier alpha value is -0.840. The van der Waals surface area contributed by atoms with Crippen LogP contribution in [0.3, 0.4) is 0 Å². The van der Waals surface area contributed by atoms with Crippen LogP contribution in [0.2, 0.25) is 0 Å². The van der Waals surface area contributed by atoms with Gasteiger partial charge in [0, 0.05) is 6.26 Å². The maximum absolute atomic E-state index is 10.6. The summed E-state index contributed by atoms with van der Waals surface area (Å²) < 4.78 is 25.9. The van der Waals surface area contributed by atoms with E-state index >= 15 is 0 Å². The third kappa shape index (κ3) is 2.18. The summed E-state index contributed by atoms with van der Waals surface area (Å²) in [6.07, 6.45) is 3.75. The van der Waals surface area contributed by atoms with Crippen molar-refractivity contribution in [2.75, 3.05) is 6.26 Å². The van der Waals surface area contributed by atoms with Gasteiger partial charge >= 0.3 is 0 Å². The molecule has 10 heavy (non-hydrogen) atoms. The van der Waals surface area contributed by atoms with Crippen LogP contribution in [0.4, 0.5) is 0 Å². The molecule has 0 aromatic carbocycles. The third-order valence-corrected chi connectivity index (χ3v) is 1.70. The van der Waals surface area contributed by atoms with Crippen molar-refractivity contribution in [2.24, 2.45) is 0 Å². The number of hydrogen-bond donors (Lipinski definition) is 0. The van der Waals surface area contributed by atoms with Gasteiger partial charge in [-0.05, 0) is 0 Å². The molecule has 0 saturated heterocycles. The lowest BCUT2D eigenvalue weighted by atomic mass is 10.6. The second kappa shape index (κ2) is 2.42. The summed E-state index contributed by atoms with van der Waals surface area (Å²) in [7, 11) is -2.98. The average molecular weight is 161 g/mol. The van der Waals surface area contributed by atoms with E-state index in [1.165, 1.54) is 12.6 Å². The van der Waals surface area contributed by atoms with Gasteiger partial charge in [0.2, 0.25) is 0 Å². The van der Waals surface area contributed by atoms with E-state index < -0.39 is 9.84 Å². The first kappa shape index (κ1) is 7.27. The molecule has 5 heteroatoms. The van der Waals surface area contributed by atoms with Crippen molar-refractivity contribution in [3.05, 3.63) is 18.4 Å². The minimum Gasteiger partial charge on any atom is -0.447 e. The fourth-order valence-electron chi connectivity index (χ4n) is 0.572. The van der Waals surface area contributed by atoms with Crippen LogP contribution in [0.5, 0.6) is 0 Å². The molecule has 0 unspecified atom stereocenters. The summed E-state index contributed by atoms with van der Waals surface area (Å²) in [6, 6.07) is 0. The van der Waals surface area contributed by atoms with Crippen LogP contribution in [-0.2, 0) is 15.6 Å². The predicted octanol–water partition coefficient (Wildman–Crippen LogP) is 0.219. The van der Waals surface area contributed by atoms with Crippen LogP contribution in [0.1, 0.15) is 5.76 Å². The molecule has 0 atom stereocenters. The summed E-state index contributed by atoms with van der Waals surface area (Å²) in [4.78, 5) is 3.58. The van der Waals surface area contributed by atoms with E-state index in [9.17, 15) is 8.42 Å². The molecule has 0 aliphatic heterocycles. The number of nitrogens with zero attached hydrogens (tertiary/aromatic N) is 1. The van der Waals surface area contributed by atoms with Crippen molar-refractivity contribution in [2.45, 2.75) is 5.75 Å². The minimum absolute atomic E-state index is 0.0764. The molecule has 0 aliphatic carbocycles. The number of oxazole rings is 1. The van der Waals surface area contributed by atoms with Gasteiger partial charge in [-0.3, -0.25) is 0 Å². The third-order valence-electron chi connectivity index (χ3n) is 0.888. The van der Waals surface area contributed by atoms with E-state index in [2.05, 4.69) is 4.98 Å². The van der Waals surface area contributed by atoms with Crippen LogP contribution >= 0.6 is 0 Å². The zero-order chi connectivity index (χ0) is 7.61. The Kier molecular flexibility index (Phi) is 1.76. The van der Waals surface area contributed by atoms with Crippen molar-refractivity contribution in [3.63, 3.8) is 0 Å². The van der Waals surface area contributed by atoms with Gasteiger partial charge in [0.05, 0.1) is 6.20 Å². The second-order valence-corrected chi connectivity index (χ2v) is 4.18. The van der Waals surface area contributed by atoms with Gasteiger partial charge in [0.15, 0.2) is 16.2 Å². The van der Waals surface area contributed by atoms with Crippen LogP contribution in [0.25, 0.3) is 0 Å². The molecule has 1 rings (SSSR count). The molecule has 1 aromatic heterocycles. The SMILES string of the molecule is CS(=O)(=O)Cc1cnco1. The molecule has 0 fully saturated rings. The van der Waals surface area contributed by atoms with E-state index in [-0.39, 0.29) is 5.75 Å². The van der Waals surface area contributed by atoms with Gasteiger partial charge in [-0.15, -0.1) is 0 Å². The van der Waals surface area contributed by atoms with Gasteiger partial charge in [-0.2, -0.15) is 0 Å². The highest BCUT2D eigenvalue weighted by molar-refractivity contribution is 7.89. The summed E-state index contributed by atoms with van der Waals surface area (Å²) in [5.74, 6) is 0.301. The predicted molar refractivity (Wildman–Crippen MR) is 35.1 cm³/mol. The van der Waals surface area contributed by atoms with Crippen LogP contribution in [0.15, 0.2) is 17.0 Å². The molecular formula is C5H7NO3S. The van der Waals surface area contributed by atoms with Gasteiger partial charge in [-0.1, -0.05) is 0 Å². The lowest BCUT2D eigenvalue weighted by Crippen LogP contribution is -1.98. The maximum Gasteiger partial charge on any atom is 0.180 e. The lowest BCUT2D eigenvalue weighted by molar-refractivity contribution is 0.516. The molecular weight excluding hydrogens is 154 g/mol. The molecule has 0 aliphatic rings. The molecule has 0 bridgehead atoms. The normalized spacial score (nSPS) is 11.7. The van der Waals surface area contributed by atoms with E-state index in [0.717, 1.165) is 6.26 Å². The first-order chi connectivity index (χ1) is 4.58. The molecule has 1 aromatic rings. The monoisotopic (exact) mass is 161 g/mol. The smallest absolute Gasteiger partial charge is 0.180 e. The minimum atomic E-state index is -2.98. The van der Waals surface area contributed by atoms with Crippen molar-refractivity contribution in [3.8, 4) is 0 Å². The molecule has 0 radical (unpaired) electrons. The van der Waals surface area contributed by atoms with Crippen LogP contribution in [-0.4, -0.2) is 19.7 Å². The fraction of sp³-hybridized carbons (Fsp3) is 0.400. The average Bonchev–Trinajstić information content (AvgIpc) is 2.12. The Morgan fingerprint density at radius 2 is 2.40 bits per heavy atom. The van der Waals surface area contributed by atoms with E-state index in [4.69, 9.17) is 4.42 Å². The lowest BCUT2D eigenvalue weighted by Gasteiger charge is -1.89. The summed E-state index contributed by atoms with van der Waals surface area (Å²) in [5.41, 5.74) is 0. The highest BCUT2D eigenvalue weighted by Gasteiger charge is 2.05. The largest absolute Gasteiger partial charge is 0.447 e. The van der Waals surface area contributed by atoms with E-state index in [0.29, 0.717) is 5.76 Å².